The molecule has 7 heteroatoms. The molecule has 2 unspecified atom stereocenters. The van der Waals surface area contributed by atoms with Crippen molar-refractivity contribution in [2.75, 3.05) is 24.6 Å². The van der Waals surface area contributed by atoms with Gasteiger partial charge in [0.05, 0.1) is 6.54 Å². The molecule has 1 aromatic rings. The Labute approximate surface area is 100 Å². The summed E-state index contributed by atoms with van der Waals surface area (Å²) in [6.45, 7) is 4.66. The van der Waals surface area contributed by atoms with Crippen LogP contribution in [0.25, 0.3) is 0 Å². The lowest BCUT2D eigenvalue weighted by Crippen LogP contribution is -2.47. The van der Waals surface area contributed by atoms with Crippen molar-refractivity contribution >= 4 is 11.9 Å². The van der Waals surface area contributed by atoms with Crippen molar-refractivity contribution in [3.8, 4) is 0 Å². The van der Waals surface area contributed by atoms with Crippen LogP contribution in [0.2, 0.25) is 0 Å². The van der Waals surface area contributed by atoms with Gasteiger partial charge in [0.15, 0.2) is 0 Å². The van der Waals surface area contributed by atoms with Gasteiger partial charge in [0.1, 0.15) is 5.82 Å². The summed E-state index contributed by atoms with van der Waals surface area (Å²) >= 11 is 0. The Bertz CT molecular complexity index is 374. The molecule has 2 atom stereocenters. The summed E-state index contributed by atoms with van der Waals surface area (Å²) in [5, 5.41) is 0. The van der Waals surface area contributed by atoms with Crippen LogP contribution in [0.3, 0.4) is 0 Å². The smallest absolute Gasteiger partial charge is 0.225 e. The zero-order chi connectivity index (χ0) is 12.4. The van der Waals surface area contributed by atoms with Crippen molar-refractivity contribution in [3.63, 3.8) is 0 Å². The molecule has 1 fully saturated rings. The number of piperidine rings is 1. The molecule has 0 amide bonds. The zero-order valence-corrected chi connectivity index (χ0v) is 10.0. The van der Waals surface area contributed by atoms with Gasteiger partial charge in [-0.15, -0.1) is 0 Å². The molecule has 0 radical (unpaired) electrons. The number of aromatic nitrogens is 3. The highest BCUT2D eigenvalue weighted by Gasteiger charge is 2.23. The van der Waals surface area contributed by atoms with Gasteiger partial charge in [-0.05, 0) is 18.9 Å². The van der Waals surface area contributed by atoms with Crippen LogP contribution in [-0.4, -0.2) is 39.0 Å². The maximum atomic E-state index is 6.04. The minimum absolute atomic E-state index is 0.169. The van der Waals surface area contributed by atoms with Gasteiger partial charge in [0.25, 0.3) is 0 Å². The lowest BCUT2D eigenvalue weighted by atomic mass is 9.94. The third-order valence-electron chi connectivity index (χ3n) is 3.18. The fourth-order valence-electron chi connectivity index (χ4n) is 2.04. The Morgan fingerprint density at radius 1 is 1.24 bits per heavy atom. The predicted molar refractivity (Wildman–Crippen MR) is 65.7 cm³/mol. The second-order valence-corrected chi connectivity index (χ2v) is 4.63. The van der Waals surface area contributed by atoms with Gasteiger partial charge < -0.3 is 17.2 Å². The molecule has 1 saturated heterocycles. The molecule has 94 valence electrons. The van der Waals surface area contributed by atoms with E-state index < -0.39 is 0 Å². The number of hydrogen-bond acceptors (Lipinski definition) is 7. The van der Waals surface area contributed by atoms with Crippen LogP contribution in [-0.2, 0) is 6.54 Å². The average molecular weight is 237 g/mol. The molecular weight excluding hydrogens is 218 g/mol. The highest BCUT2D eigenvalue weighted by molar-refractivity contribution is 5.25. The van der Waals surface area contributed by atoms with E-state index in [1.165, 1.54) is 0 Å². The van der Waals surface area contributed by atoms with Crippen molar-refractivity contribution in [2.24, 2.45) is 11.7 Å². The van der Waals surface area contributed by atoms with E-state index in [0.717, 1.165) is 19.5 Å². The highest BCUT2D eigenvalue weighted by atomic mass is 15.2. The molecule has 0 saturated carbocycles. The molecule has 1 aliphatic heterocycles. The number of nitrogen functional groups attached to an aromatic ring is 2. The minimum atomic E-state index is 0.169. The van der Waals surface area contributed by atoms with Crippen LogP contribution in [0.5, 0.6) is 0 Å². The predicted octanol–water partition coefficient (Wildman–Crippen LogP) is -0.795. The van der Waals surface area contributed by atoms with E-state index in [1.54, 1.807) is 0 Å². The third-order valence-corrected chi connectivity index (χ3v) is 3.18. The lowest BCUT2D eigenvalue weighted by Gasteiger charge is -2.34. The number of rotatable bonds is 2. The normalized spacial score (nSPS) is 26.0. The molecule has 17 heavy (non-hydrogen) atoms. The van der Waals surface area contributed by atoms with E-state index in [4.69, 9.17) is 17.2 Å². The van der Waals surface area contributed by atoms with Crippen molar-refractivity contribution in [2.45, 2.75) is 25.9 Å². The van der Waals surface area contributed by atoms with Crippen LogP contribution < -0.4 is 17.2 Å². The van der Waals surface area contributed by atoms with E-state index in [-0.39, 0.29) is 17.9 Å². The summed E-state index contributed by atoms with van der Waals surface area (Å²) in [6.07, 6.45) is 1.09. The summed E-state index contributed by atoms with van der Waals surface area (Å²) in [7, 11) is 0. The summed E-state index contributed by atoms with van der Waals surface area (Å²) in [5.74, 6) is 1.51. The summed E-state index contributed by atoms with van der Waals surface area (Å²) < 4.78 is 0. The van der Waals surface area contributed by atoms with E-state index in [0.29, 0.717) is 18.3 Å². The van der Waals surface area contributed by atoms with Crippen molar-refractivity contribution in [3.05, 3.63) is 5.82 Å². The van der Waals surface area contributed by atoms with Gasteiger partial charge in [0, 0.05) is 12.6 Å². The molecule has 1 aromatic heterocycles. The first-order valence-corrected chi connectivity index (χ1v) is 5.78. The Balaban J connectivity index is 2.01. The number of anilines is 2. The fraction of sp³-hybridized carbons (Fsp3) is 0.700. The van der Waals surface area contributed by atoms with Crippen LogP contribution in [0.4, 0.5) is 11.9 Å². The molecule has 0 spiro atoms. The fourth-order valence-corrected chi connectivity index (χ4v) is 2.04. The van der Waals surface area contributed by atoms with Gasteiger partial charge in [0.2, 0.25) is 11.9 Å². The lowest BCUT2D eigenvalue weighted by molar-refractivity contribution is 0.159. The average Bonchev–Trinajstić information content (AvgIpc) is 2.22. The van der Waals surface area contributed by atoms with Crippen LogP contribution in [0.15, 0.2) is 0 Å². The molecule has 2 rings (SSSR count). The molecular formula is C10H19N7. The molecule has 6 N–H and O–H groups in total. The van der Waals surface area contributed by atoms with Gasteiger partial charge in [-0.25, -0.2) is 0 Å². The number of hydrogen-bond donors (Lipinski definition) is 3. The number of nitrogens with two attached hydrogens (primary N) is 3. The molecule has 7 nitrogen and oxygen atoms in total. The minimum Gasteiger partial charge on any atom is -0.368 e. The molecule has 0 aliphatic carbocycles. The van der Waals surface area contributed by atoms with Crippen molar-refractivity contribution < 1.29 is 0 Å². The monoisotopic (exact) mass is 237 g/mol. The highest BCUT2D eigenvalue weighted by Crippen LogP contribution is 2.16. The topological polar surface area (TPSA) is 120 Å². The van der Waals surface area contributed by atoms with Crippen LogP contribution in [0.1, 0.15) is 19.2 Å². The molecule has 0 aromatic carbocycles. The standard InChI is InChI=1S/C10H19N7/c1-6-2-3-17(4-7(6)11)5-8-14-9(12)16-10(13)15-8/h6-7H,2-5,11H2,1H3,(H4,12,13,14,15,16). The van der Waals surface area contributed by atoms with E-state index in [9.17, 15) is 0 Å². The SMILES string of the molecule is CC1CCN(Cc2nc(N)nc(N)n2)CC1N. The second-order valence-electron chi connectivity index (χ2n) is 4.63. The first-order chi connectivity index (χ1) is 8.04. The quantitative estimate of drug-likeness (QED) is 0.616. The Hall–Kier alpha value is -1.47. The maximum absolute atomic E-state index is 6.04. The first-order valence-electron chi connectivity index (χ1n) is 5.78. The summed E-state index contributed by atoms with van der Waals surface area (Å²) in [4.78, 5) is 14.1. The molecule has 2 heterocycles. The van der Waals surface area contributed by atoms with E-state index in [1.807, 2.05) is 0 Å². The summed E-state index contributed by atoms with van der Waals surface area (Å²) in [5.41, 5.74) is 17.1. The zero-order valence-electron chi connectivity index (χ0n) is 10.0. The molecule has 1 aliphatic rings. The second kappa shape index (κ2) is 4.80. The van der Waals surface area contributed by atoms with Gasteiger partial charge >= 0.3 is 0 Å². The molecule has 0 bridgehead atoms. The van der Waals surface area contributed by atoms with Gasteiger partial charge in [-0.2, -0.15) is 15.0 Å². The number of nitrogens with zero attached hydrogens (tertiary/aromatic N) is 4. The first kappa shape index (κ1) is 12.0. The maximum Gasteiger partial charge on any atom is 0.225 e. The summed E-state index contributed by atoms with van der Waals surface area (Å²) in [6, 6.07) is 0.209. The van der Waals surface area contributed by atoms with Gasteiger partial charge in [-0.1, -0.05) is 6.92 Å². The van der Waals surface area contributed by atoms with Crippen LogP contribution in [0, 0.1) is 5.92 Å². The Morgan fingerprint density at radius 2 is 1.88 bits per heavy atom. The van der Waals surface area contributed by atoms with Crippen molar-refractivity contribution in [1.82, 2.24) is 19.9 Å². The Kier molecular flexibility index (Phi) is 3.39. The van der Waals surface area contributed by atoms with E-state index >= 15 is 0 Å². The van der Waals surface area contributed by atoms with Gasteiger partial charge in [-0.3, -0.25) is 4.90 Å². The largest absolute Gasteiger partial charge is 0.368 e. The number of likely N-dealkylation sites (tertiary alicyclic amines) is 1. The van der Waals surface area contributed by atoms with Crippen molar-refractivity contribution in [1.29, 1.82) is 0 Å². The van der Waals surface area contributed by atoms with Crippen LogP contribution >= 0.6 is 0 Å². The Morgan fingerprint density at radius 3 is 2.47 bits per heavy atom. The van der Waals surface area contributed by atoms with E-state index in [2.05, 4.69) is 26.8 Å². The third kappa shape index (κ3) is 3.01.